The summed E-state index contributed by atoms with van der Waals surface area (Å²) >= 11 is 1.23. The van der Waals surface area contributed by atoms with Crippen molar-refractivity contribution in [3.05, 3.63) is 60.2 Å². The molecule has 138 valence electrons. The highest BCUT2D eigenvalue weighted by Crippen LogP contribution is 2.23. The summed E-state index contributed by atoms with van der Waals surface area (Å²) < 4.78 is 10.7. The molecule has 2 aromatic carbocycles. The van der Waals surface area contributed by atoms with Gasteiger partial charge in [-0.05, 0) is 24.6 Å². The molecule has 0 saturated carbocycles. The van der Waals surface area contributed by atoms with Crippen LogP contribution in [-0.2, 0) is 20.7 Å². The van der Waals surface area contributed by atoms with E-state index in [0.717, 1.165) is 5.56 Å². The first kappa shape index (κ1) is 19.8. The third-order valence-electron chi connectivity index (χ3n) is 3.41. The highest BCUT2D eigenvalue weighted by atomic mass is 32.2. The molecule has 6 heteroatoms. The van der Waals surface area contributed by atoms with Crippen LogP contribution in [0.15, 0.2) is 54.6 Å². The van der Waals surface area contributed by atoms with Crippen molar-refractivity contribution < 1.29 is 19.1 Å². The summed E-state index contributed by atoms with van der Waals surface area (Å²) in [6.07, 6.45) is 0.686. The molecule has 26 heavy (non-hydrogen) atoms. The van der Waals surface area contributed by atoms with Gasteiger partial charge < -0.3 is 14.8 Å². The predicted octanol–water partition coefficient (Wildman–Crippen LogP) is 3.54. The molecule has 1 amide bonds. The number of para-hydroxylation sites is 2. The van der Waals surface area contributed by atoms with Crippen molar-refractivity contribution in [3.63, 3.8) is 0 Å². The molecule has 2 aromatic rings. The van der Waals surface area contributed by atoms with Gasteiger partial charge in [0, 0.05) is 6.42 Å². The van der Waals surface area contributed by atoms with Crippen molar-refractivity contribution in [3.8, 4) is 5.75 Å². The van der Waals surface area contributed by atoms with Crippen LogP contribution >= 0.6 is 11.8 Å². The molecule has 0 aromatic heterocycles. The molecule has 2 rings (SSSR count). The Hall–Kier alpha value is -2.47. The zero-order valence-electron chi connectivity index (χ0n) is 14.8. The number of esters is 1. The number of amides is 1. The SMILES string of the molecule is CCOc1ccccc1NC(=O)CSCC(=O)OCCc1ccccc1. The number of benzene rings is 2. The summed E-state index contributed by atoms with van der Waals surface area (Å²) in [6, 6.07) is 17.1. The molecule has 0 aliphatic carbocycles. The van der Waals surface area contributed by atoms with Crippen LogP contribution in [-0.4, -0.2) is 36.6 Å². The average molecular weight is 373 g/mol. The van der Waals surface area contributed by atoms with Gasteiger partial charge in [-0.1, -0.05) is 42.5 Å². The van der Waals surface area contributed by atoms with Gasteiger partial charge >= 0.3 is 5.97 Å². The lowest BCUT2D eigenvalue weighted by Crippen LogP contribution is -2.17. The van der Waals surface area contributed by atoms with Crippen molar-refractivity contribution in [2.75, 3.05) is 30.0 Å². The smallest absolute Gasteiger partial charge is 0.315 e. The fraction of sp³-hybridized carbons (Fsp3) is 0.300. The van der Waals surface area contributed by atoms with E-state index in [-0.39, 0.29) is 23.4 Å². The van der Waals surface area contributed by atoms with E-state index in [0.29, 0.717) is 31.1 Å². The molecule has 1 N–H and O–H groups in total. The van der Waals surface area contributed by atoms with E-state index in [2.05, 4.69) is 5.32 Å². The lowest BCUT2D eigenvalue weighted by Gasteiger charge is -2.11. The van der Waals surface area contributed by atoms with Crippen LogP contribution in [0.1, 0.15) is 12.5 Å². The first-order valence-corrected chi connectivity index (χ1v) is 9.63. The Kier molecular flexibility index (Phi) is 8.55. The summed E-state index contributed by atoms with van der Waals surface area (Å²) in [4.78, 5) is 23.7. The maximum atomic E-state index is 12.0. The molecular formula is C20H23NO4S. The Bertz CT molecular complexity index is 706. The van der Waals surface area contributed by atoms with E-state index in [1.54, 1.807) is 12.1 Å². The predicted molar refractivity (Wildman–Crippen MR) is 105 cm³/mol. The topological polar surface area (TPSA) is 64.6 Å². The van der Waals surface area contributed by atoms with E-state index in [9.17, 15) is 9.59 Å². The third-order valence-corrected chi connectivity index (χ3v) is 4.32. The van der Waals surface area contributed by atoms with Gasteiger partial charge in [-0.15, -0.1) is 11.8 Å². The summed E-state index contributed by atoms with van der Waals surface area (Å²) in [6.45, 7) is 2.76. The second-order valence-electron chi connectivity index (χ2n) is 5.43. The molecule has 0 aliphatic rings. The van der Waals surface area contributed by atoms with Crippen molar-refractivity contribution in [2.45, 2.75) is 13.3 Å². The zero-order valence-corrected chi connectivity index (χ0v) is 15.6. The molecule has 0 unspecified atom stereocenters. The molecule has 0 aliphatic heterocycles. The van der Waals surface area contributed by atoms with Gasteiger partial charge in [0.15, 0.2) is 0 Å². The molecule has 0 radical (unpaired) electrons. The molecule has 0 bridgehead atoms. The van der Waals surface area contributed by atoms with Gasteiger partial charge in [0.1, 0.15) is 5.75 Å². The van der Waals surface area contributed by atoms with Crippen molar-refractivity contribution in [1.82, 2.24) is 0 Å². The van der Waals surface area contributed by atoms with Crippen LogP contribution in [0.3, 0.4) is 0 Å². The maximum Gasteiger partial charge on any atom is 0.315 e. The Labute approximate surface area is 158 Å². The highest BCUT2D eigenvalue weighted by molar-refractivity contribution is 8.00. The Morgan fingerprint density at radius 3 is 2.50 bits per heavy atom. The van der Waals surface area contributed by atoms with Crippen LogP contribution in [0.5, 0.6) is 5.75 Å². The second-order valence-corrected chi connectivity index (χ2v) is 6.41. The summed E-state index contributed by atoms with van der Waals surface area (Å²) in [5.74, 6) is 0.463. The lowest BCUT2D eigenvalue weighted by atomic mass is 10.2. The number of thioether (sulfide) groups is 1. The number of hydrogen-bond donors (Lipinski definition) is 1. The first-order chi connectivity index (χ1) is 12.7. The average Bonchev–Trinajstić information content (AvgIpc) is 2.64. The number of carbonyl (C=O) groups is 2. The number of hydrogen-bond acceptors (Lipinski definition) is 5. The van der Waals surface area contributed by atoms with Gasteiger partial charge in [0.2, 0.25) is 5.91 Å². The number of ether oxygens (including phenoxy) is 2. The van der Waals surface area contributed by atoms with Crippen molar-refractivity contribution in [1.29, 1.82) is 0 Å². The quantitative estimate of drug-likeness (QED) is 0.645. The normalized spacial score (nSPS) is 10.2. The summed E-state index contributed by atoms with van der Waals surface area (Å²) in [7, 11) is 0. The van der Waals surface area contributed by atoms with E-state index in [1.165, 1.54) is 11.8 Å². The van der Waals surface area contributed by atoms with Crippen LogP contribution in [0.4, 0.5) is 5.69 Å². The van der Waals surface area contributed by atoms with Crippen LogP contribution in [0.25, 0.3) is 0 Å². The minimum absolute atomic E-state index is 0.148. The van der Waals surface area contributed by atoms with Gasteiger partial charge in [0.25, 0.3) is 0 Å². The zero-order chi connectivity index (χ0) is 18.6. The molecule has 0 saturated heterocycles. The molecule has 5 nitrogen and oxygen atoms in total. The van der Waals surface area contributed by atoms with Crippen molar-refractivity contribution >= 4 is 29.3 Å². The standard InChI is InChI=1S/C20H23NO4S/c1-2-24-18-11-7-6-10-17(18)21-19(22)14-26-15-20(23)25-13-12-16-8-4-3-5-9-16/h3-11H,2,12-15H2,1H3,(H,21,22). The first-order valence-electron chi connectivity index (χ1n) is 8.48. The molecule has 0 heterocycles. The monoisotopic (exact) mass is 373 g/mol. The molecular weight excluding hydrogens is 350 g/mol. The van der Waals surface area contributed by atoms with E-state index in [1.807, 2.05) is 49.4 Å². The van der Waals surface area contributed by atoms with Crippen molar-refractivity contribution in [2.24, 2.45) is 0 Å². The van der Waals surface area contributed by atoms with Gasteiger partial charge in [-0.3, -0.25) is 9.59 Å². The Balaban J connectivity index is 1.64. The largest absolute Gasteiger partial charge is 0.492 e. The lowest BCUT2D eigenvalue weighted by molar-refractivity contribution is -0.140. The number of carbonyl (C=O) groups excluding carboxylic acids is 2. The minimum atomic E-state index is -0.312. The summed E-state index contributed by atoms with van der Waals surface area (Å²) in [5.41, 5.74) is 1.76. The number of rotatable bonds is 10. The second kappa shape index (κ2) is 11.2. The van der Waals surface area contributed by atoms with E-state index in [4.69, 9.17) is 9.47 Å². The Morgan fingerprint density at radius 2 is 1.73 bits per heavy atom. The Morgan fingerprint density at radius 1 is 1.00 bits per heavy atom. The number of nitrogens with one attached hydrogen (secondary N) is 1. The van der Waals surface area contributed by atoms with Gasteiger partial charge in [0.05, 0.1) is 30.4 Å². The highest BCUT2D eigenvalue weighted by Gasteiger charge is 2.09. The van der Waals surface area contributed by atoms with Crippen LogP contribution in [0, 0.1) is 0 Å². The van der Waals surface area contributed by atoms with Gasteiger partial charge in [-0.2, -0.15) is 0 Å². The van der Waals surface area contributed by atoms with Gasteiger partial charge in [-0.25, -0.2) is 0 Å². The fourth-order valence-corrected chi connectivity index (χ4v) is 2.84. The third kappa shape index (κ3) is 7.19. The minimum Gasteiger partial charge on any atom is -0.492 e. The van der Waals surface area contributed by atoms with Crippen LogP contribution < -0.4 is 10.1 Å². The van der Waals surface area contributed by atoms with E-state index >= 15 is 0 Å². The maximum absolute atomic E-state index is 12.0. The number of anilines is 1. The van der Waals surface area contributed by atoms with Crippen LogP contribution in [0.2, 0.25) is 0 Å². The summed E-state index contributed by atoms with van der Waals surface area (Å²) in [5, 5.41) is 2.80. The molecule has 0 spiro atoms. The molecule has 0 fully saturated rings. The molecule has 0 atom stereocenters. The van der Waals surface area contributed by atoms with E-state index < -0.39 is 0 Å². The fourth-order valence-electron chi connectivity index (χ4n) is 2.23.